The third-order valence-corrected chi connectivity index (χ3v) is 3.12. The fourth-order valence-electron chi connectivity index (χ4n) is 1.20. The zero-order valence-corrected chi connectivity index (χ0v) is 11.5. The molecule has 0 atom stereocenters. The number of hydrogen-bond donors (Lipinski definition) is 1. The van der Waals surface area contributed by atoms with Gasteiger partial charge in [-0.15, -0.1) is 11.3 Å². The number of thiazole rings is 1. The molecule has 0 aliphatic rings. The Bertz CT molecular complexity index is 304. The normalized spacial score (nSPS) is 12.0. The molecule has 0 radical (unpaired) electrons. The molecule has 0 aromatic carbocycles. The largest absolute Gasteiger partial charge is 0.381 e. The molecule has 0 amide bonds. The smallest absolute Gasteiger partial charge is 0.0951 e. The zero-order valence-electron chi connectivity index (χ0n) is 10.7. The van der Waals surface area contributed by atoms with Crippen LogP contribution in [0.2, 0.25) is 0 Å². The molecule has 1 rings (SSSR count). The van der Waals surface area contributed by atoms with Crippen molar-refractivity contribution in [3.63, 3.8) is 0 Å². The number of rotatable bonds is 6. The molecular weight excluding hydrogens is 220 g/mol. The first-order chi connectivity index (χ1) is 7.51. The van der Waals surface area contributed by atoms with Crippen LogP contribution < -0.4 is 5.32 Å². The van der Waals surface area contributed by atoms with Gasteiger partial charge in [-0.05, 0) is 27.7 Å². The van der Waals surface area contributed by atoms with Crippen molar-refractivity contribution < 1.29 is 4.74 Å². The lowest BCUT2D eigenvalue weighted by atomic mass is 10.1. The lowest BCUT2D eigenvalue weighted by Gasteiger charge is -2.19. The summed E-state index contributed by atoms with van der Waals surface area (Å²) in [5, 5.41) is 4.62. The molecule has 16 heavy (non-hydrogen) atoms. The van der Waals surface area contributed by atoms with Crippen LogP contribution in [0.1, 0.15) is 37.6 Å². The quantitative estimate of drug-likeness (QED) is 0.779. The topological polar surface area (TPSA) is 34.1 Å². The molecule has 0 saturated heterocycles. The summed E-state index contributed by atoms with van der Waals surface area (Å²) in [7, 11) is 0. The highest BCUT2D eigenvalue weighted by Crippen LogP contribution is 2.14. The van der Waals surface area contributed by atoms with E-state index in [0.29, 0.717) is 0 Å². The molecule has 0 bridgehead atoms. The fourth-order valence-corrected chi connectivity index (χ4v) is 2.04. The van der Waals surface area contributed by atoms with Crippen LogP contribution in [0.15, 0.2) is 6.20 Å². The molecule has 0 fully saturated rings. The van der Waals surface area contributed by atoms with Crippen molar-refractivity contribution >= 4 is 11.3 Å². The first-order valence-electron chi connectivity index (χ1n) is 5.77. The average molecular weight is 242 g/mol. The lowest BCUT2D eigenvalue weighted by Crippen LogP contribution is -2.34. The minimum absolute atomic E-state index is 0.162. The highest BCUT2D eigenvalue weighted by atomic mass is 32.1. The van der Waals surface area contributed by atoms with Crippen LogP contribution >= 0.6 is 11.3 Å². The fraction of sp³-hybridized carbons (Fsp3) is 0.750. The summed E-state index contributed by atoms with van der Waals surface area (Å²) in [5.74, 6) is 0. The summed E-state index contributed by atoms with van der Waals surface area (Å²) >= 11 is 1.77. The van der Waals surface area contributed by atoms with Gasteiger partial charge in [0.15, 0.2) is 0 Å². The molecule has 0 spiro atoms. The minimum Gasteiger partial charge on any atom is -0.381 e. The molecule has 92 valence electrons. The second kappa shape index (κ2) is 6.33. The van der Waals surface area contributed by atoms with Crippen LogP contribution in [-0.2, 0) is 17.7 Å². The zero-order chi connectivity index (χ0) is 12.0. The number of nitrogens with one attached hydrogen (secondary N) is 1. The summed E-state index contributed by atoms with van der Waals surface area (Å²) in [5.41, 5.74) is 0.162. The summed E-state index contributed by atoms with van der Waals surface area (Å²) in [4.78, 5) is 5.68. The summed E-state index contributed by atoms with van der Waals surface area (Å²) < 4.78 is 5.31. The van der Waals surface area contributed by atoms with E-state index in [0.717, 1.165) is 26.2 Å². The maximum Gasteiger partial charge on any atom is 0.0951 e. The Morgan fingerprint density at radius 2 is 2.19 bits per heavy atom. The van der Waals surface area contributed by atoms with Crippen LogP contribution in [-0.4, -0.2) is 23.7 Å². The third-order valence-electron chi connectivity index (χ3n) is 2.06. The van der Waals surface area contributed by atoms with Crippen molar-refractivity contribution in [2.75, 3.05) is 13.2 Å². The minimum atomic E-state index is 0.162. The van der Waals surface area contributed by atoms with Gasteiger partial charge in [-0.1, -0.05) is 0 Å². The standard InChI is InChI=1S/C12H22N2OS/c1-5-15-7-6-11-13-8-10(16-11)9-14-12(2,3)4/h8,14H,5-7,9H2,1-4H3. The van der Waals surface area contributed by atoms with Crippen LogP contribution in [0.4, 0.5) is 0 Å². The Morgan fingerprint density at radius 3 is 2.81 bits per heavy atom. The van der Waals surface area contributed by atoms with Gasteiger partial charge in [-0.2, -0.15) is 0 Å². The van der Waals surface area contributed by atoms with Crippen molar-refractivity contribution in [2.45, 2.75) is 46.2 Å². The molecule has 4 heteroatoms. The van der Waals surface area contributed by atoms with Crippen molar-refractivity contribution in [3.05, 3.63) is 16.1 Å². The second-order valence-electron chi connectivity index (χ2n) is 4.77. The van der Waals surface area contributed by atoms with Gasteiger partial charge >= 0.3 is 0 Å². The van der Waals surface area contributed by atoms with E-state index in [1.807, 2.05) is 13.1 Å². The third kappa shape index (κ3) is 5.58. The first kappa shape index (κ1) is 13.6. The van der Waals surface area contributed by atoms with Crippen molar-refractivity contribution in [1.82, 2.24) is 10.3 Å². The van der Waals surface area contributed by atoms with E-state index in [-0.39, 0.29) is 5.54 Å². The highest BCUT2D eigenvalue weighted by molar-refractivity contribution is 7.11. The van der Waals surface area contributed by atoms with Crippen molar-refractivity contribution in [2.24, 2.45) is 0 Å². The number of nitrogens with zero attached hydrogens (tertiary/aromatic N) is 1. The second-order valence-corrected chi connectivity index (χ2v) is 5.97. The van der Waals surface area contributed by atoms with E-state index < -0.39 is 0 Å². The molecular formula is C12H22N2OS. The molecule has 1 N–H and O–H groups in total. The molecule has 0 unspecified atom stereocenters. The predicted octanol–water partition coefficient (Wildman–Crippen LogP) is 2.61. The SMILES string of the molecule is CCOCCc1ncc(CNC(C)(C)C)s1. The van der Waals surface area contributed by atoms with E-state index in [1.165, 1.54) is 9.88 Å². The van der Waals surface area contributed by atoms with Gasteiger partial charge in [-0.3, -0.25) is 0 Å². The number of ether oxygens (including phenoxy) is 1. The first-order valence-corrected chi connectivity index (χ1v) is 6.59. The Labute approximate surface area is 102 Å². The van der Waals surface area contributed by atoms with E-state index >= 15 is 0 Å². The maximum absolute atomic E-state index is 5.31. The Hall–Kier alpha value is -0.450. The van der Waals surface area contributed by atoms with E-state index in [4.69, 9.17) is 4.74 Å². The predicted molar refractivity (Wildman–Crippen MR) is 68.9 cm³/mol. The molecule has 0 aliphatic carbocycles. The molecule has 1 heterocycles. The van der Waals surface area contributed by atoms with Crippen LogP contribution in [0, 0.1) is 0 Å². The Kier molecular flexibility index (Phi) is 5.38. The summed E-state index contributed by atoms with van der Waals surface area (Å²) in [6, 6.07) is 0. The van der Waals surface area contributed by atoms with Crippen molar-refractivity contribution in [1.29, 1.82) is 0 Å². The number of hydrogen-bond acceptors (Lipinski definition) is 4. The molecule has 1 aromatic heterocycles. The Balaban J connectivity index is 2.33. The number of aromatic nitrogens is 1. The lowest BCUT2D eigenvalue weighted by molar-refractivity contribution is 0.151. The highest BCUT2D eigenvalue weighted by Gasteiger charge is 2.09. The average Bonchev–Trinajstić information content (AvgIpc) is 2.62. The van der Waals surface area contributed by atoms with Gasteiger partial charge in [0, 0.05) is 36.2 Å². The Morgan fingerprint density at radius 1 is 1.44 bits per heavy atom. The van der Waals surface area contributed by atoms with Gasteiger partial charge in [0.1, 0.15) is 0 Å². The van der Waals surface area contributed by atoms with Gasteiger partial charge in [0.2, 0.25) is 0 Å². The van der Waals surface area contributed by atoms with Crippen LogP contribution in [0.5, 0.6) is 0 Å². The van der Waals surface area contributed by atoms with E-state index in [1.54, 1.807) is 11.3 Å². The van der Waals surface area contributed by atoms with Crippen LogP contribution in [0.25, 0.3) is 0 Å². The summed E-state index contributed by atoms with van der Waals surface area (Å²) in [6.07, 6.45) is 2.89. The van der Waals surface area contributed by atoms with E-state index in [9.17, 15) is 0 Å². The molecule has 0 aliphatic heterocycles. The van der Waals surface area contributed by atoms with Crippen LogP contribution in [0.3, 0.4) is 0 Å². The van der Waals surface area contributed by atoms with Crippen molar-refractivity contribution in [3.8, 4) is 0 Å². The van der Waals surface area contributed by atoms with Gasteiger partial charge in [-0.25, -0.2) is 4.98 Å². The molecule has 3 nitrogen and oxygen atoms in total. The van der Waals surface area contributed by atoms with E-state index in [2.05, 4.69) is 31.1 Å². The maximum atomic E-state index is 5.31. The summed E-state index contributed by atoms with van der Waals surface area (Å²) in [6.45, 7) is 11.0. The molecule has 0 saturated carbocycles. The van der Waals surface area contributed by atoms with Gasteiger partial charge in [0.25, 0.3) is 0 Å². The van der Waals surface area contributed by atoms with Gasteiger partial charge < -0.3 is 10.1 Å². The monoisotopic (exact) mass is 242 g/mol. The molecule has 1 aromatic rings. The van der Waals surface area contributed by atoms with Gasteiger partial charge in [0.05, 0.1) is 11.6 Å².